The van der Waals surface area contributed by atoms with Gasteiger partial charge in [-0.1, -0.05) is 36.4 Å². The molecule has 0 saturated heterocycles. The summed E-state index contributed by atoms with van der Waals surface area (Å²) < 4.78 is 32.2. The lowest BCUT2D eigenvalue weighted by molar-refractivity contribution is -0.121. The second-order valence-electron chi connectivity index (χ2n) is 7.49. The third-order valence-corrected chi connectivity index (χ3v) is 5.76. The third-order valence-electron chi connectivity index (χ3n) is 4.21. The van der Waals surface area contributed by atoms with Crippen molar-refractivity contribution < 1.29 is 17.9 Å². The van der Waals surface area contributed by atoms with Crippen molar-refractivity contribution >= 4 is 15.9 Å². The maximum absolute atomic E-state index is 12.0. The number of benzene rings is 2. The molecule has 0 saturated carbocycles. The van der Waals surface area contributed by atoms with E-state index in [0.717, 1.165) is 22.4 Å². The number of hydrogen-bond acceptors (Lipinski definition) is 4. The third kappa shape index (κ3) is 8.25. The molecule has 0 heterocycles. The minimum absolute atomic E-state index is 0.0620. The van der Waals surface area contributed by atoms with Gasteiger partial charge in [-0.2, -0.15) is 0 Å². The van der Waals surface area contributed by atoms with E-state index in [0.29, 0.717) is 18.7 Å². The maximum Gasteiger partial charge on any atom is 0.223 e. The molecule has 0 aliphatic carbocycles. The molecule has 2 aromatic rings. The minimum Gasteiger partial charge on any atom is -0.493 e. The van der Waals surface area contributed by atoms with Crippen LogP contribution in [0, 0.1) is 13.8 Å². The molecule has 6 nitrogen and oxygen atoms in total. The predicted molar refractivity (Wildman–Crippen MR) is 115 cm³/mol. The van der Waals surface area contributed by atoms with Crippen LogP contribution in [0.25, 0.3) is 0 Å². The molecular formula is C22H30N2O4S. The number of amides is 1. The van der Waals surface area contributed by atoms with Crippen LogP contribution in [0.5, 0.6) is 5.75 Å². The highest BCUT2D eigenvalue weighted by Crippen LogP contribution is 2.19. The second kappa shape index (κ2) is 10.4. The van der Waals surface area contributed by atoms with Crippen LogP contribution >= 0.6 is 0 Å². The molecule has 0 bridgehead atoms. The van der Waals surface area contributed by atoms with Gasteiger partial charge in [0.05, 0.1) is 18.8 Å². The number of nitrogens with one attached hydrogen (secondary N) is 2. The first kappa shape index (κ1) is 22.9. The number of rotatable bonds is 10. The van der Waals surface area contributed by atoms with Crippen LogP contribution in [0.15, 0.2) is 42.5 Å². The fourth-order valence-corrected chi connectivity index (χ4v) is 4.21. The van der Waals surface area contributed by atoms with Gasteiger partial charge < -0.3 is 10.1 Å². The largest absolute Gasteiger partial charge is 0.493 e. The number of hydrogen-bond donors (Lipinski definition) is 2. The zero-order chi connectivity index (χ0) is 21.4. The van der Waals surface area contributed by atoms with Gasteiger partial charge in [-0.15, -0.1) is 0 Å². The standard InChI is InChI=1S/C22H30N2O4S/c1-16(2)24-29(26,27)15-20-9-7-19(8-10-20)14-23-22(25)11-12-28-21-13-17(3)5-6-18(21)4/h5-10,13,16,24H,11-12,14-15H2,1-4H3,(H,23,25). The van der Waals surface area contributed by atoms with Crippen molar-refractivity contribution in [2.75, 3.05) is 6.61 Å². The van der Waals surface area contributed by atoms with Crippen LogP contribution in [-0.2, 0) is 27.1 Å². The Kier molecular flexibility index (Phi) is 8.22. The normalized spacial score (nSPS) is 11.5. The number of aryl methyl sites for hydroxylation is 2. The summed E-state index contributed by atoms with van der Waals surface area (Å²) in [6.45, 7) is 8.26. The van der Waals surface area contributed by atoms with Crippen LogP contribution < -0.4 is 14.8 Å². The van der Waals surface area contributed by atoms with Crippen molar-refractivity contribution in [1.29, 1.82) is 0 Å². The fraction of sp³-hybridized carbons (Fsp3) is 0.409. The summed E-state index contributed by atoms with van der Waals surface area (Å²) in [7, 11) is -3.35. The minimum atomic E-state index is -3.35. The van der Waals surface area contributed by atoms with Crippen molar-refractivity contribution in [3.05, 3.63) is 64.7 Å². The Hall–Kier alpha value is -2.38. The van der Waals surface area contributed by atoms with Crippen LogP contribution in [0.1, 0.15) is 42.5 Å². The van der Waals surface area contributed by atoms with E-state index in [1.54, 1.807) is 26.0 Å². The number of sulfonamides is 1. The summed E-state index contributed by atoms with van der Waals surface area (Å²) in [4.78, 5) is 12.0. The average molecular weight is 419 g/mol. The second-order valence-corrected chi connectivity index (χ2v) is 9.25. The van der Waals surface area contributed by atoms with Crippen molar-refractivity contribution in [3.63, 3.8) is 0 Å². The van der Waals surface area contributed by atoms with Gasteiger partial charge in [-0.3, -0.25) is 4.79 Å². The summed E-state index contributed by atoms with van der Waals surface area (Å²) in [5.74, 6) is 0.645. The molecule has 0 spiro atoms. The average Bonchev–Trinajstić information content (AvgIpc) is 2.62. The van der Waals surface area contributed by atoms with Gasteiger partial charge in [0.15, 0.2) is 0 Å². The SMILES string of the molecule is Cc1ccc(C)c(OCCC(=O)NCc2ccc(CS(=O)(=O)NC(C)C)cc2)c1. The van der Waals surface area contributed by atoms with Gasteiger partial charge in [0.1, 0.15) is 5.75 Å². The fourth-order valence-electron chi connectivity index (χ4n) is 2.78. The Morgan fingerprint density at radius 1 is 1.03 bits per heavy atom. The van der Waals surface area contributed by atoms with Gasteiger partial charge >= 0.3 is 0 Å². The number of carbonyl (C=O) groups excluding carboxylic acids is 1. The van der Waals surface area contributed by atoms with Crippen LogP contribution in [0.3, 0.4) is 0 Å². The van der Waals surface area contributed by atoms with E-state index in [9.17, 15) is 13.2 Å². The van der Waals surface area contributed by atoms with Gasteiger partial charge in [-0.05, 0) is 56.0 Å². The van der Waals surface area contributed by atoms with Gasteiger partial charge in [0.25, 0.3) is 0 Å². The molecular weight excluding hydrogens is 388 g/mol. The molecule has 2 N–H and O–H groups in total. The lowest BCUT2D eigenvalue weighted by Gasteiger charge is -2.11. The first-order valence-corrected chi connectivity index (χ1v) is 11.3. The molecule has 0 aromatic heterocycles. The van der Waals surface area contributed by atoms with E-state index < -0.39 is 10.0 Å². The summed E-state index contributed by atoms with van der Waals surface area (Å²) >= 11 is 0. The highest BCUT2D eigenvalue weighted by molar-refractivity contribution is 7.88. The molecule has 29 heavy (non-hydrogen) atoms. The molecule has 0 radical (unpaired) electrons. The molecule has 1 amide bonds. The highest BCUT2D eigenvalue weighted by atomic mass is 32.2. The zero-order valence-corrected chi connectivity index (χ0v) is 18.3. The Morgan fingerprint density at radius 2 is 1.69 bits per heavy atom. The van der Waals surface area contributed by atoms with E-state index >= 15 is 0 Å². The van der Waals surface area contributed by atoms with E-state index in [2.05, 4.69) is 10.0 Å². The molecule has 0 atom stereocenters. The quantitative estimate of drug-likeness (QED) is 0.620. The van der Waals surface area contributed by atoms with Gasteiger partial charge in [-0.25, -0.2) is 13.1 Å². The summed E-state index contributed by atoms with van der Waals surface area (Å²) in [6, 6.07) is 13.0. The lowest BCUT2D eigenvalue weighted by Crippen LogP contribution is -2.31. The Morgan fingerprint density at radius 3 is 2.34 bits per heavy atom. The van der Waals surface area contributed by atoms with Crippen LogP contribution in [-0.4, -0.2) is 27.0 Å². The van der Waals surface area contributed by atoms with E-state index in [4.69, 9.17) is 4.74 Å². The van der Waals surface area contributed by atoms with E-state index in [-0.39, 0.29) is 24.1 Å². The maximum atomic E-state index is 12.0. The Labute approximate surface area is 173 Å². The molecule has 0 fully saturated rings. The van der Waals surface area contributed by atoms with E-state index in [1.807, 2.05) is 44.2 Å². The molecule has 2 aromatic carbocycles. The number of carbonyl (C=O) groups is 1. The molecule has 0 unspecified atom stereocenters. The van der Waals surface area contributed by atoms with Crippen molar-refractivity contribution in [3.8, 4) is 5.75 Å². The van der Waals surface area contributed by atoms with Crippen molar-refractivity contribution in [2.45, 2.75) is 52.5 Å². The molecule has 0 aliphatic heterocycles. The Balaban J connectivity index is 1.76. The monoisotopic (exact) mass is 418 g/mol. The van der Waals surface area contributed by atoms with Crippen LogP contribution in [0.2, 0.25) is 0 Å². The smallest absolute Gasteiger partial charge is 0.223 e. The topological polar surface area (TPSA) is 84.5 Å². The van der Waals surface area contributed by atoms with Gasteiger partial charge in [0, 0.05) is 12.6 Å². The van der Waals surface area contributed by atoms with Gasteiger partial charge in [0.2, 0.25) is 15.9 Å². The molecule has 7 heteroatoms. The summed E-state index contributed by atoms with van der Waals surface area (Å²) in [6.07, 6.45) is 0.268. The van der Waals surface area contributed by atoms with Crippen molar-refractivity contribution in [2.24, 2.45) is 0 Å². The highest BCUT2D eigenvalue weighted by Gasteiger charge is 2.12. The van der Waals surface area contributed by atoms with Crippen LogP contribution in [0.4, 0.5) is 0 Å². The summed E-state index contributed by atoms with van der Waals surface area (Å²) in [5.41, 5.74) is 3.77. The molecule has 0 aliphatic rings. The van der Waals surface area contributed by atoms with E-state index in [1.165, 1.54) is 0 Å². The Bertz CT molecular complexity index is 922. The number of ether oxygens (including phenoxy) is 1. The lowest BCUT2D eigenvalue weighted by atomic mass is 10.1. The first-order valence-electron chi connectivity index (χ1n) is 9.69. The first-order chi connectivity index (χ1) is 13.6. The molecule has 2 rings (SSSR count). The zero-order valence-electron chi connectivity index (χ0n) is 17.5. The predicted octanol–water partition coefficient (Wildman–Crippen LogP) is 3.22. The molecule has 158 valence electrons. The van der Waals surface area contributed by atoms with Crippen molar-refractivity contribution in [1.82, 2.24) is 10.0 Å². The summed E-state index contributed by atoms with van der Waals surface area (Å²) in [5, 5.41) is 2.86.